The third kappa shape index (κ3) is 3.55. The molecule has 0 fully saturated rings. The molecule has 0 saturated heterocycles. The maximum absolute atomic E-state index is 9.35. The van der Waals surface area contributed by atoms with Crippen LogP contribution in [0.3, 0.4) is 0 Å². The fraction of sp³-hybridized carbons (Fsp3) is 0.143. The van der Waals surface area contributed by atoms with Crippen LogP contribution in [0.5, 0.6) is 11.5 Å². The van der Waals surface area contributed by atoms with Gasteiger partial charge in [0.25, 0.3) is 0 Å². The second kappa shape index (κ2) is 6.17. The molecule has 0 bridgehead atoms. The van der Waals surface area contributed by atoms with Crippen molar-refractivity contribution in [1.29, 1.82) is 0 Å². The molecule has 19 heavy (non-hydrogen) atoms. The maximum Gasteiger partial charge on any atom is 0.135 e. The number of methoxy groups -OCH3 is 1. The molecule has 0 saturated carbocycles. The molecule has 0 aliphatic rings. The number of benzene rings is 2. The predicted octanol–water partition coefficient (Wildman–Crippen LogP) is 4.43. The highest BCUT2D eigenvalue weighted by Gasteiger charge is 2.03. The van der Waals surface area contributed by atoms with Crippen molar-refractivity contribution in [3.05, 3.63) is 51.5 Å². The first-order chi connectivity index (χ1) is 9.10. The number of rotatable bonds is 4. The van der Waals surface area contributed by atoms with Gasteiger partial charge in [-0.3, -0.25) is 0 Å². The minimum atomic E-state index is 0.0933. The van der Waals surface area contributed by atoms with Gasteiger partial charge in [-0.1, -0.05) is 17.7 Å². The van der Waals surface area contributed by atoms with Crippen molar-refractivity contribution in [2.75, 3.05) is 12.4 Å². The first-order valence-corrected chi connectivity index (χ1v) is 6.82. The summed E-state index contributed by atoms with van der Waals surface area (Å²) in [5.41, 5.74) is 1.94. The van der Waals surface area contributed by atoms with E-state index >= 15 is 0 Å². The number of halogens is 2. The number of ether oxygens (including phenoxy) is 1. The molecule has 0 aliphatic heterocycles. The minimum Gasteiger partial charge on any atom is -0.506 e. The lowest BCUT2D eigenvalue weighted by Crippen LogP contribution is -1.99. The summed E-state index contributed by atoms with van der Waals surface area (Å²) in [5, 5.41) is 13.0. The highest BCUT2D eigenvalue weighted by atomic mass is 79.9. The Hall–Kier alpha value is -1.39. The van der Waals surface area contributed by atoms with Gasteiger partial charge in [-0.2, -0.15) is 0 Å². The van der Waals surface area contributed by atoms with E-state index in [-0.39, 0.29) is 5.75 Å². The zero-order valence-electron chi connectivity index (χ0n) is 10.3. The Kier molecular flexibility index (Phi) is 4.56. The topological polar surface area (TPSA) is 41.5 Å². The summed E-state index contributed by atoms with van der Waals surface area (Å²) < 4.78 is 6.14. The smallest absolute Gasteiger partial charge is 0.135 e. The molecule has 0 aromatic heterocycles. The monoisotopic (exact) mass is 341 g/mol. The number of hydrogen-bond acceptors (Lipinski definition) is 3. The van der Waals surface area contributed by atoms with Gasteiger partial charge in [0.15, 0.2) is 0 Å². The standard InChI is InChI=1S/C14H13BrClNO2/c1-19-14-7-10(3-4-11(14)15)17-8-9-2-5-13(18)12(16)6-9/h2-7,17-18H,8H2,1H3. The summed E-state index contributed by atoms with van der Waals surface area (Å²) in [4.78, 5) is 0. The quantitative estimate of drug-likeness (QED) is 0.863. The van der Waals surface area contributed by atoms with Crippen molar-refractivity contribution in [3.63, 3.8) is 0 Å². The number of hydrogen-bond donors (Lipinski definition) is 2. The Morgan fingerprint density at radius 2 is 2.05 bits per heavy atom. The van der Waals surface area contributed by atoms with E-state index < -0.39 is 0 Å². The SMILES string of the molecule is COc1cc(NCc2ccc(O)c(Cl)c2)ccc1Br. The van der Waals surface area contributed by atoms with Crippen molar-refractivity contribution in [3.8, 4) is 11.5 Å². The molecule has 0 amide bonds. The van der Waals surface area contributed by atoms with Gasteiger partial charge in [-0.25, -0.2) is 0 Å². The number of nitrogens with one attached hydrogen (secondary N) is 1. The molecule has 0 spiro atoms. The van der Waals surface area contributed by atoms with Crippen LogP contribution in [-0.2, 0) is 6.54 Å². The van der Waals surface area contributed by atoms with E-state index in [1.54, 1.807) is 19.2 Å². The van der Waals surface area contributed by atoms with Crippen LogP contribution in [0.1, 0.15) is 5.56 Å². The van der Waals surface area contributed by atoms with Crippen LogP contribution in [0.2, 0.25) is 5.02 Å². The van der Waals surface area contributed by atoms with E-state index in [1.165, 1.54) is 0 Å². The normalized spacial score (nSPS) is 10.3. The molecule has 2 aromatic carbocycles. The van der Waals surface area contributed by atoms with Crippen LogP contribution in [0, 0.1) is 0 Å². The number of aromatic hydroxyl groups is 1. The van der Waals surface area contributed by atoms with Gasteiger partial charge in [0.05, 0.1) is 16.6 Å². The lowest BCUT2D eigenvalue weighted by atomic mass is 10.2. The van der Waals surface area contributed by atoms with E-state index in [4.69, 9.17) is 16.3 Å². The van der Waals surface area contributed by atoms with Crippen LogP contribution in [-0.4, -0.2) is 12.2 Å². The Labute approximate surface area is 125 Å². The summed E-state index contributed by atoms with van der Waals surface area (Å²) >= 11 is 9.27. The van der Waals surface area contributed by atoms with Crippen molar-refractivity contribution in [2.24, 2.45) is 0 Å². The van der Waals surface area contributed by atoms with Gasteiger partial charge >= 0.3 is 0 Å². The maximum atomic E-state index is 9.35. The number of phenols is 1. The van der Waals surface area contributed by atoms with Crippen molar-refractivity contribution in [1.82, 2.24) is 0 Å². The minimum absolute atomic E-state index is 0.0933. The molecule has 0 atom stereocenters. The third-order valence-corrected chi connectivity index (χ3v) is 3.62. The molecule has 2 aromatic rings. The molecule has 0 heterocycles. The Balaban J connectivity index is 2.07. The van der Waals surface area contributed by atoms with Crippen LogP contribution >= 0.6 is 27.5 Å². The fourth-order valence-electron chi connectivity index (χ4n) is 1.63. The van der Waals surface area contributed by atoms with Gasteiger partial charge in [-0.15, -0.1) is 0 Å². The average molecular weight is 343 g/mol. The lowest BCUT2D eigenvalue weighted by Gasteiger charge is -2.10. The van der Waals surface area contributed by atoms with Gasteiger partial charge in [-0.05, 0) is 45.8 Å². The molecular weight excluding hydrogens is 330 g/mol. The average Bonchev–Trinajstić information content (AvgIpc) is 2.41. The van der Waals surface area contributed by atoms with Gasteiger partial charge in [0, 0.05) is 18.3 Å². The molecule has 0 unspecified atom stereocenters. The Morgan fingerprint density at radius 3 is 2.74 bits per heavy atom. The van der Waals surface area contributed by atoms with E-state index in [0.29, 0.717) is 11.6 Å². The van der Waals surface area contributed by atoms with Crippen LogP contribution in [0.4, 0.5) is 5.69 Å². The van der Waals surface area contributed by atoms with Crippen LogP contribution < -0.4 is 10.1 Å². The van der Waals surface area contributed by atoms with E-state index in [2.05, 4.69) is 21.2 Å². The van der Waals surface area contributed by atoms with Gasteiger partial charge in [0.1, 0.15) is 11.5 Å². The highest BCUT2D eigenvalue weighted by Crippen LogP contribution is 2.28. The summed E-state index contributed by atoms with van der Waals surface area (Å²) in [6, 6.07) is 10.9. The Morgan fingerprint density at radius 1 is 1.26 bits per heavy atom. The van der Waals surface area contributed by atoms with Crippen molar-refractivity contribution < 1.29 is 9.84 Å². The van der Waals surface area contributed by atoms with Crippen molar-refractivity contribution in [2.45, 2.75) is 6.54 Å². The van der Waals surface area contributed by atoms with E-state index in [9.17, 15) is 5.11 Å². The first-order valence-electron chi connectivity index (χ1n) is 5.65. The lowest BCUT2D eigenvalue weighted by molar-refractivity contribution is 0.412. The molecule has 0 radical (unpaired) electrons. The van der Waals surface area contributed by atoms with Crippen LogP contribution in [0.15, 0.2) is 40.9 Å². The zero-order chi connectivity index (χ0) is 13.8. The molecular formula is C14H13BrClNO2. The van der Waals surface area contributed by atoms with Gasteiger partial charge in [0.2, 0.25) is 0 Å². The third-order valence-electron chi connectivity index (χ3n) is 2.66. The number of anilines is 1. The fourth-order valence-corrected chi connectivity index (χ4v) is 2.25. The second-order valence-electron chi connectivity index (χ2n) is 3.99. The molecule has 2 N–H and O–H groups in total. The number of phenolic OH excluding ortho intramolecular Hbond substituents is 1. The predicted molar refractivity (Wildman–Crippen MR) is 81.1 cm³/mol. The summed E-state index contributed by atoms with van der Waals surface area (Å²) in [7, 11) is 1.63. The molecule has 3 nitrogen and oxygen atoms in total. The summed E-state index contributed by atoms with van der Waals surface area (Å²) in [6.45, 7) is 0.616. The van der Waals surface area contributed by atoms with Crippen LogP contribution in [0.25, 0.3) is 0 Å². The molecule has 5 heteroatoms. The molecule has 100 valence electrons. The molecule has 2 rings (SSSR count). The van der Waals surface area contributed by atoms with E-state index in [0.717, 1.165) is 21.5 Å². The van der Waals surface area contributed by atoms with Gasteiger partial charge < -0.3 is 15.2 Å². The Bertz CT molecular complexity index is 590. The van der Waals surface area contributed by atoms with Crippen molar-refractivity contribution >= 4 is 33.2 Å². The molecule has 0 aliphatic carbocycles. The second-order valence-corrected chi connectivity index (χ2v) is 5.25. The first kappa shape index (κ1) is 14.0. The highest BCUT2D eigenvalue weighted by molar-refractivity contribution is 9.10. The zero-order valence-corrected chi connectivity index (χ0v) is 12.6. The van der Waals surface area contributed by atoms with E-state index in [1.807, 2.05) is 24.3 Å². The summed E-state index contributed by atoms with van der Waals surface area (Å²) in [6.07, 6.45) is 0. The summed E-state index contributed by atoms with van der Waals surface area (Å²) in [5.74, 6) is 0.865. The largest absolute Gasteiger partial charge is 0.506 e.